The summed E-state index contributed by atoms with van der Waals surface area (Å²) in [6.07, 6.45) is 0. The van der Waals surface area contributed by atoms with Gasteiger partial charge < -0.3 is 19.5 Å². The highest BCUT2D eigenvalue weighted by molar-refractivity contribution is 6.39. The quantitative estimate of drug-likeness (QED) is 0.226. The summed E-state index contributed by atoms with van der Waals surface area (Å²) in [5.74, 6) is 0.546. The van der Waals surface area contributed by atoms with Crippen LogP contribution in [0.15, 0.2) is 65.2 Å². The Morgan fingerprint density at radius 1 is 0.974 bits per heavy atom. The van der Waals surface area contributed by atoms with Gasteiger partial charge in [-0.1, -0.05) is 65.9 Å². The molecule has 3 aromatic carbocycles. The Morgan fingerprint density at radius 3 is 2.31 bits per heavy atom. The minimum atomic E-state index is -0.419. The van der Waals surface area contributed by atoms with Gasteiger partial charge in [-0.3, -0.25) is 9.59 Å². The molecule has 0 aliphatic heterocycles. The Morgan fingerprint density at radius 2 is 1.67 bits per heavy atom. The smallest absolute Gasteiger partial charge is 0.257 e. The minimum Gasteiger partial charge on any atom is -0.489 e. The van der Waals surface area contributed by atoms with Crippen LogP contribution in [0.4, 0.5) is 5.69 Å². The fourth-order valence-electron chi connectivity index (χ4n) is 3.95. The Labute approximate surface area is 241 Å². The average Bonchev–Trinajstić information content (AvgIpc) is 3.30. The van der Waals surface area contributed by atoms with Crippen molar-refractivity contribution in [1.82, 2.24) is 10.1 Å². The van der Waals surface area contributed by atoms with Crippen LogP contribution in [0.3, 0.4) is 0 Å². The predicted octanol–water partition coefficient (Wildman–Crippen LogP) is 7.96. The molecule has 0 aliphatic rings. The maximum Gasteiger partial charge on any atom is 0.257 e. The van der Waals surface area contributed by atoms with Crippen molar-refractivity contribution < 1.29 is 18.8 Å². The van der Waals surface area contributed by atoms with Gasteiger partial charge in [0.05, 0.1) is 26.2 Å². The molecule has 0 saturated heterocycles. The van der Waals surface area contributed by atoms with Gasteiger partial charge in [0.1, 0.15) is 23.8 Å². The molecule has 202 valence electrons. The SMILES string of the molecule is CC(C)c1onc(-c2c(Cl)cccc2Cl)c1COc1ccc(C(=O)Nc2cccc(C(=O)N(C)C)c2)c(Cl)c1. The van der Waals surface area contributed by atoms with Crippen LogP contribution in [-0.2, 0) is 6.61 Å². The maximum absolute atomic E-state index is 12.9. The molecule has 39 heavy (non-hydrogen) atoms. The number of ether oxygens (including phenoxy) is 1. The van der Waals surface area contributed by atoms with Crippen molar-refractivity contribution in [3.8, 4) is 17.0 Å². The number of aromatic nitrogens is 1. The minimum absolute atomic E-state index is 0.0345. The zero-order chi connectivity index (χ0) is 28.3. The van der Waals surface area contributed by atoms with Crippen LogP contribution in [0, 0.1) is 0 Å². The Bertz CT molecular complexity index is 1510. The number of hydrogen-bond donors (Lipinski definition) is 1. The van der Waals surface area contributed by atoms with Crippen LogP contribution in [0.2, 0.25) is 15.1 Å². The monoisotopic (exact) mass is 585 g/mol. The fourth-order valence-corrected chi connectivity index (χ4v) is 4.78. The highest BCUT2D eigenvalue weighted by Crippen LogP contribution is 2.39. The highest BCUT2D eigenvalue weighted by Gasteiger charge is 2.24. The van der Waals surface area contributed by atoms with Crippen LogP contribution in [0.25, 0.3) is 11.3 Å². The molecule has 0 unspecified atom stereocenters. The predicted molar refractivity (Wildman–Crippen MR) is 154 cm³/mol. The van der Waals surface area contributed by atoms with Crippen LogP contribution < -0.4 is 10.1 Å². The van der Waals surface area contributed by atoms with Gasteiger partial charge in [-0.2, -0.15) is 0 Å². The number of anilines is 1. The van der Waals surface area contributed by atoms with E-state index >= 15 is 0 Å². The van der Waals surface area contributed by atoms with E-state index < -0.39 is 5.91 Å². The molecule has 1 aromatic heterocycles. The summed E-state index contributed by atoms with van der Waals surface area (Å²) in [4.78, 5) is 26.6. The normalized spacial score (nSPS) is 11.0. The lowest BCUT2D eigenvalue weighted by Crippen LogP contribution is -2.22. The molecule has 2 amide bonds. The summed E-state index contributed by atoms with van der Waals surface area (Å²) < 4.78 is 11.7. The molecule has 0 radical (unpaired) electrons. The van der Waals surface area contributed by atoms with Crippen LogP contribution in [0.1, 0.15) is 51.8 Å². The largest absolute Gasteiger partial charge is 0.489 e. The summed E-state index contributed by atoms with van der Waals surface area (Å²) >= 11 is 19.3. The van der Waals surface area contributed by atoms with E-state index in [1.807, 2.05) is 13.8 Å². The number of benzene rings is 3. The number of carbonyl (C=O) groups is 2. The Kier molecular flexibility index (Phi) is 8.85. The molecule has 0 spiro atoms. The summed E-state index contributed by atoms with van der Waals surface area (Å²) in [6, 6.07) is 16.7. The molecule has 0 bridgehead atoms. The van der Waals surface area contributed by atoms with Crippen molar-refractivity contribution in [3.05, 3.63) is 98.2 Å². The topological polar surface area (TPSA) is 84.7 Å². The third kappa shape index (κ3) is 6.38. The second-order valence-corrected chi connectivity index (χ2v) is 10.5. The first kappa shape index (κ1) is 28.5. The Hall–Kier alpha value is -3.52. The molecule has 0 fully saturated rings. The van der Waals surface area contributed by atoms with E-state index in [4.69, 9.17) is 44.1 Å². The van der Waals surface area contributed by atoms with Crippen molar-refractivity contribution in [2.45, 2.75) is 26.4 Å². The maximum atomic E-state index is 12.9. The van der Waals surface area contributed by atoms with Gasteiger partial charge >= 0.3 is 0 Å². The van der Waals surface area contributed by atoms with E-state index in [-0.39, 0.29) is 29.0 Å². The number of hydrogen-bond acceptors (Lipinski definition) is 5. The second-order valence-electron chi connectivity index (χ2n) is 9.29. The number of nitrogens with zero attached hydrogens (tertiary/aromatic N) is 2. The standard InChI is InChI=1S/C29H26Cl3N3O4/c1-16(2)27-21(26(34-39-27)25-22(30)9-6-10-23(25)31)15-38-19-11-12-20(24(32)14-19)28(36)33-18-8-5-7-17(13-18)29(37)35(3)4/h5-14,16H,15H2,1-4H3,(H,33,36). The lowest BCUT2D eigenvalue weighted by atomic mass is 10.0. The van der Waals surface area contributed by atoms with E-state index in [9.17, 15) is 9.59 Å². The highest BCUT2D eigenvalue weighted by atomic mass is 35.5. The molecule has 0 saturated carbocycles. The third-order valence-corrected chi connectivity index (χ3v) is 6.83. The number of carbonyl (C=O) groups excluding carboxylic acids is 2. The summed E-state index contributed by atoms with van der Waals surface area (Å²) in [5.41, 5.74) is 2.97. The molecular weight excluding hydrogens is 561 g/mol. The lowest BCUT2D eigenvalue weighted by Gasteiger charge is -2.13. The second kappa shape index (κ2) is 12.1. The van der Waals surface area contributed by atoms with Gasteiger partial charge in [0.15, 0.2) is 0 Å². The van der Waals surface area contributed by atoms with Gasteiger partial charge in [0, 0.05) is 36.8 Å². The van der Waals surface area contributed by atoms with E-state index in [2.05, 4.69) is 10.5 Å². The van der Waals surface area contributed by atoms with Crippen LogP contribution in [0.5, 0.6) is 5.75 Å². The number of halogens is 3. The molecule has 0 atom stereocenters. The summed E-state index contributed by atoms with van der Waals surface area (Å²) in [6.45, 7) is 4.08. The first-order valence-corrected chi connectivity index (χ1v) is 13.2. The number of amides is 2. The molecule has 10 heteroatoms. The molecule has 4 aromatic rings. The Balaban J connectivity index is 1.53. The summed E-state index contributed by atoms with van der Waals surface area (Å²) in [7, 11) is 3.33. The van der Waals surface area contributed by atoms with Gasteiger partial charge in [-0.25, -0.2) is 0 Å². The number of nitrogens with one attached hydrogen (secondary N) is 1. The van der Waals surface area contributed by atoms with Crippen molar-refractivity contribution in [1.29, 1.82) is 0 Å². The first-order valence-electron chi connectivity index (χ1n) is 12.0. The van der Waals surface area contributed by atoms with Crippen molar-refractivity contribution in [2.24, 2.45) is 0 Å². The summed E-state index contributed by atoms with van der Waals surface area (Å²) in [5, 5.41) is 8.12. The third-order valence-electron chi connectivity index (χ3n) is 5.88. The van der Waals surface area contributed by atoms with E-state index in [0.717, 1.165) is 0 Å². The van der Waals surface area contributed by atoms with E-state index in [1.165, 1.54) is 4.90 Å². The molecule has 1 N–H and O–H groups in total. The first-order chi connectivity index (χ1) is 18.6. The van der Waals surface area contributed by atoms with Gasteiger partial charge in [-0.15, -0.1) is 0 Å². The molecular formula is C29H26Cl3N3O4. The van der Waals surface area contributed by atoms with Crippen molar-refractivity contribution in [2.75, 3.05) is 19.4 Å². The van der Waals surface area contributed by atoms with Gasteiger partial charge in [0.2, 0.25) is 0 Å². The molecule has 1 heterocycles. The van der Waals surface area contributed by atoms with Gasteiger partial charge in [0.25, 0.3) is 11.8 Å². The zero-order valence-corrected chi connectivity index (χ0v) is 24.0. The van der Waals surface area contributed by atoms with Gasteiger partial charge in [-0.05, 0) is 48.5 Å². The van der Waals surface area contributed by atoms with Crippen LogP contribution in [-0.4, -0.2) is 36.0 Å². The lowest BCUT2D eigenvalue weighted by molar-refractivity contribution is 0.0827. The van der Waals surface area contributed by atoms with E-state index in [0.29, 0.717) is 49.6 Å². The van der Waals surface area contributed by atoms with Crippen molar-refractivity contribution in [3.63, 3.8) is 0 Å². The van der Waals surface area contributed by atoms with E-state index in [1.54, 1.807) is 74.8 Å². The average molecular weight is 587 g/mol. The molecule has 0 aliphatic carbocycles. The fraction of sp³-hybridized carbons (Fsp3) is 0.207. The number of rotatable bonds is 8. The van der Waals surface area contributed by atoms with Crippen LogP contribution >= 0.6 is 34.8 Å². The van der Waals surface area contributed by atoms with Crippen molar-refractivity contribution >= 4 is 52.3 Å². The molecule has 4 rings (SSSR count). The zero-order valence-electron chi connectivity index (χ0n) is 21.7. The molecule has 7 nitrogen and oxygen atoms in total.